The number of fused-ring (bicyclic) bond motifs is 2. The van der Waals surface area contributed by atoms with E-state index in [2.05, 4.69) is 5.32 Å². The van der Waals surface area contributed by atoms with E-state index in [-0.39, 0.29) is 18.9 Å². The molecule has 2 heterocycles. The van der Waals surface area contributed by atoms with Crippen LogP contribution in [0.2, 0.25) is 0 Å². The lowest BCUT2D eigenvalue weighted by Gasteiger charge is -2.26. The van der Waals surface area contributed by atoms with E-state index in [1.807, 2.05) is 0 Å². The third-order valence-electron chi connectivity index (χ3n) is 2.88. The zero-order valence-corrected chi connectivity index (χ0v) is 6.96. The first-order chi connectivity index (χ1) is 5.99. The second kappa shape index (κ2) is 2.64. The largest absolute Gasteiger partial charge is 0.481 e. The number of hydrogen-bond donors (Lipinski definition) is 2. The van der Waals surface area contributed by atoms with Crippen molar-refractivity contribution in [1.82, 2.24) is 5.32 Å². The summed E-state index contributed by atoms with van der Waals surface area (Å²) in [6.07, 6.45) is 0.296. The van der Waals surface area contributed by atoms with Crippen molar-refractivity contribution < 1.29 is 18.7 Å². The van der Waals surface area contributed by atoms with E-state index >= 15 is 0 Å². The molecule has 2 saturated heterocycles. The normalized spacial score (nSPS) is 40.9. The molecule has 0 aromatic rings. The molecule has 0 aromatic heterocycles. The minimum atomic E-state index is -2.71. The Morgan fingerprint density at radius 2 is 2.31 bits per heavy atom. The van der Waals surface area contributed by atoms with Crippen LogP contribution in [0.15, 0.2) is 0 Å². The summed E-state index contributed by atoms with van der Waals surface area (Å²) >= 11 is 0. The topological polar surface area (TPSA) is 49.3 Å². The van der Waals surface area contributed by atoms with Crippen molar-refractivity contribution in [2.75, 3.05) is 0 Å². The molecule has 0 saturated carbocycles. The van der Waals surface area contributed by atoms with Crippen LogP contribution in [0.1, 0.15) is 19.3 Å². The Kier molecular flexibility index (Phi) is 1.80. The fourth-order valence-electron chi connectivity index (χ4n) is 2.45. The van der Waals surface area contributed by atoms with Gasteiger partial charge in [0.05, 0.1) is 6.04 Å². The highest BCUT2D eigenvalue weighted by molar-refractivity contribution is 5.67. The fourth-order valence-corrected chi connectivity index (χ4v) is 2.45. The Hall–Kier alpha value is -0.710. The molecule has 2 rings (SSSR count). The number of carboxylic acids is 1. The molecule has 0 unspecified atom stereocenters. The Balaban J connectivity index is 2.06. The summed E-state index contributed by atoms with van der Waals surface area (Å²) in [6, 6.07) is -1.09. The molecule has 3 atom stereocenters. The Bertz CT molecular complexity index is 244. The van der Waals surface area contributed by atoms with Gasteiger partial charge in [-0.2, -0.15) is 0 Å². The van der Waals surface area contributed by atoms with Crippen LogP contribution in [0, 0.1) is 5.92 Å². The van der Waals surface area contributed by atoms with Gasteiger partial charge in [-0.25, -0.2) is 8.78 Å². The van der Waals surface area contributed by atoms with Crippen LogP contribution >= 0.6 is 0 Å². The maximum atomic E-state index is 13.1. The first kappa shape index (κ1) is 8.87. The standard InChI is InChI=1S/C8H11F2NO2/c9-8(10)3-5-1-4(2-6(12)13)7(8)11-5/h4-5,7,11H,1-3H2,(H,12,13)/t4-,5+,7-/m0/s1. The molecular formula is C8H11F2NO2. The summed E-state index contributed by atoms with van der Waals surface area (Å²) in [4.78, 5) is 10.4. The number of alkyl halides is 2. The van der Waals surface area contributed by atoms with Gasteiger partial charge in [-0.3, -0.25) is 4.79 Å². The Labute approximate surface area is 74.1 Å². The van der Waals surface area contributed by atoms with Gasteiger partial charge >= 0.3 is 5.97 Å². The molecule has 2 bridgehead atoms. The van der Waals surface area contributed by atoms with Crippen LogP contribution in [0.5, 0.6) is 0 Å². The van der Waals surface area contributed by atoms with Crippen LogP contribution in [-0.4, -0.2) is 29.1 Å². The molecule has 2 N–H and O–H groups in total. The van der Waals surface area contributed by atoms with Crippen molar-refractivity contribution in [2.45, 2.75) is 37.3 Å². The SMILES string of the molecule is O=C(O)C[C@@H]1C[C@@H]2CC(F)(F)[C@H]1N2. The zero-order valence-electron chi connectivity index (χ0n) is 6.96. The molecule has 74 valence electrons. The van der Waals surface area contributed by atoms with Crippen molar-refractivity contribution in [2.24, 2.45) is 5.92 Å². The van der Waals surface area contributed by atoms with E-state index in [0.717, 1.165) is 0 Å². The lowest BCUT2D eigenvalue weighted by molar-refractivity contribution is -0.139. The molecule has 0 aromatic carbocycles. The third kappa shape index (κ3) is 1.41. The zero-order chi connectivity index (χ0) is 9.64. The predicted octanol–water partition coefficient (Wildman–Crippen LogP) is 0.847. The average Bonchev–Trinajstić information content (AvgIpc) is 2.39. The summed E-state index contributed by atoms with van der Waals surface area (Å²) in [6.45, 7) is 0. The van der Waals surface area contributed by atoms with E-state index < -0.39 is 23.9 Å². The predicted molar refractivity (Wildman–Crippen MR) is 40.6 cm³/mol. The summed E-state index contributed by atoms with van der Waals surface area (Å²) in [5.41, 5.74) is 0. The average molecular weight is 191 g/mol. The van der Waals surface area contributed by atoms with Gasteiger partial charge in [0.25, 0.3) is 5.92 Å². The highest BCUT2D eigenvalue weighted by atomic mass is 19.3. The van der Waals surface area contributed by atoms with Crippen molar-refractivity contribution >= 4 is 5.97 Å². The van der Waals surface area contributed by atoms with E-state index in [1.165, 1.54) is 0 Å². The highest BCUT2D eigenvalue weighted by Crippen LogP contribution is 2.44. The van der Waals surface area contributed by atoms with Gasteiger partial charge in [0, 0.05) is 18.9 Å². The number of nitrogens with one attached hydrogen (secondary N) is 1. The highest BCUT2D eigenvalue weighted by Gasteiger charge is 2.57. The second-order valence-electron chi connectivity index (χ2n) is 3.90. The molecule has 0 aliphatic carbocycles. The maximum absolute atomic E-state index is 13.1. The van der Waals surface area contributed by atoms with Gasteiger partial charge in [0.1, 0.15) is 0 Å². The second-order valence-corrected chi connectivity index (χ2v) is 3.90. The maximum Gasteiger partial charge on any atom is 0.303 e. The van der Waals surface area contributed by atoms with Gasteiger partial charge in [0.15, 0.2) is 0 Å². The number of halogens is 2. The lowest BCUT2D eigenvalue weighted by Crippen LogP contribution is -2.40. The van der Waals surface area contributed by atoms with E-state index in [4.69, 9.17) is 5.11 Å². The molecule has 0 radical (unpaired) electrons. The molecule has 5 heteroatoms. The number of carboxylic acid groups (broad SMARTS) is 1. The van der Waals surface area contributed by atoms with Crippen molar-refractivity contribution in [3.8, 4) is 0 Å². The monoisotopic (exact) mass is 191 g/mol. The van der Waals surface area contributed by atoms with Crippen LogP contribution in [0.3, 0.4) is 0 Å². The van der Waals surface area contributed by atoms with Crippen LogP contribution in [0.25, 0.3) is 0 Å². The van der Waals surface area contributed by atoms with E-state index in [1.54, 1.807) is 0 Å². The molecule has 13 heavy (non-hydrogen) atoms. The molecule has 2 aliphatic rings. The first-order valence-corrected chi connectivity index (χ1v) is 4.35. The summed E-state index contributed by atoms with van der Waals surface area (Å²) in [7, 11) is 0. The molecular weight excluding hydrogens is 180 g/mol. The quantitative estimate of drug-likeness (QED) is 0.680. The van der Waals surface area contributed by atoms with E-state index in [9.17, 15) is 13.6 Å². The lowest BCUT2D eigenvalue weighted by atomic mass is 9.84. The van der Waals surface area contributed by atoms with Crippen molar-refractivity contribution in [1.29, 1.82) is 0 Å². The fraction of sp³-hybridized carbons (Fsp3) is 0.875. The minimum Gasteiger partial charge on any atom is -0.481 e. The number of hydrogen-bond acceptors (Lipinski definition) is 2. The molecule has 0 amide bonds. The van der Waals surface area contributed by atoms with Gasteiger partial charge in [-0.1, -0.05) is 0 Å². The number of rotatable bonds is 2. The van der Waals surface area contributed by atoms with Gasteiger partial charge in [0.2, 0.25) is 0 Å². The van der Waals surface area contributed by atoms with Crippen LogP contribution in [0.4, 0.5) is 8.78 Å². The van der Waals surface area contributed by atoms with E-state index in [0.29, 0.717) is 6.42 Å². The van der Waals surface area contributed by atoms with Crippen LogP contribution in [-0.2, 0) is 4.79 Å². The summed E-state index contributed by atoms with van der Waals surface area (Å²) in [5, 5.41) is 11.3. The third-order valence-corrected chi connectivity index (χ3v) is 2.88. The summed E-state index contributed by atoms with van der Waals surface area (Å²) < 4.78 is 26.2. The molecule has 2 fully saturated rings. The van der Waals surface area contributed by atoms with Crippen molar-refractivity contribution in [3.05, 3.63) is 0 Å². The first-order valence-electron chi connectivity index (χ1n) is 4.35. The van der Waals surface area contributed by atoms with Gasteiger partial charge < -0.3 is 10.4 Å². The molecule has 0 spiro atoms. The smallest absolute Gasteiger partial charge is 0.303 e. The van der Waals surface area contributed by atoms with Crippen LogP contribution < -0.4 is 5.32 Å². The van der Waals surface area contributed by atoms with Gasteiger partial charge in [-0.15, -0.1) is 0 Å². The minimum absolute atomic E-state index is 0.131. The molecule has 3 nitrogen and oxygen atoms in total. The summed E-state index contributed by atoms with van der Waals surface area (Å²) in [5.74, 6) is -4.09. The van der Waals surface area contributed by atoms with Gasteiger partial charge in [-0.05, 0) is 12.3 Å². The Morgan fingerprint density at radius 3 is 2.77 bits per heavy atom. The van der Waals surface area contributed by atoms with Crippen molar-refractivity contribution in [3.63, 3.8) is 0 Å². The Morgan fingerprint density at radius 1 is 1.62 bits per heavy atom. The number of carbonyl (C=O) groups is 1. The molecule has 2 aliphatic heterocycles. The number of aliphatic carboxylic acids is 1.